The Bertz CT molecular complexity index is 3470. The number of rotatable bonds is 5. The highest BCUT2D eigenvalue weighted by molar-refractivity contribution is 6.10. The summed E-state index contributed by atoms with van der Waals surface area (Å²) in [6.07, 6.45) is 0. The molecule has 0 fully saturated rings. The molecule has 1 aliphatic carbocycles. The molecule has 2 aromatic heterocycles. The Kier molecular flexibility index (Phi) is 7.58. The monoisotopic (exact) mass is 765 g/mol. The number of hydrogen-bond acceptors (Lipinski definition) is 2. The Morgan fingerprint density at radius 2 is 0.967 bits per heavy atom. The van der Waals surface area contributed by atoms with Crippen LogP contribution in [0.1, 0.15) is 25.0 Å². The minimum Gasteiger partial charge on any atom is -0.309 e. The largest absolute Gasteiger partial charge is 0.309 e. The number of fused-ring (bicyclic) bond motifs is 8. The maximum Gasteiger partial charge on any atom is 0.160 e. The molecule has 0 N–H and O–H groups in total. The summed E-state index contributed by atoms with van der Waals surface area (Å²) in [5, 5.41) is 7.39. The van der Waals surface area contributed by atoms with Crippen molar-refractivity contribution in [1.29, 1.82) is 0 Å². The Morgan fingerprint density at radius 1 is 0.383 bits per heavy atom. The zero-order valence-corrected chi connectivity index (χ0v) is 33.4. The summed E-state index contributed by atoms with van der Waals surface area (Å²) in [6, 6.07) is 72.4. The van der Waals surface area contributed by atoms with Gasteiger partial charge in [-0.2, -0.15) is 0 Å². The highest BCUT2D eigenvalue weighted by Gasteiger charge is 2.37. The van der Waals surface area contributed by atoms with Crippen molar-refractivity contribution in [1.82, 2.24) is 14.5 Å². The number of hydrogen-bond donors (Lipinski definition) is 0. The maximum atomic E-state index is 5.33. The normalized spacial score (nSPS) is 13.0. The van der Waals surface area contributed by atoms with Gasteiger partial charge in [0.2, 0.25) is 0 Å². The zero-order valence-electron chi connectivity index (χ0n) is 33.4. The summed E-state index contributed by atoms with van der Waals surface area (Å²) in [4.78, 5) is 10.6. The summed E-state index contributed by atoms with van der Waals surface area (Å²) in [5.74, 6) is 0.700. The van der Waals surface area contributed by atoms with Crippen LogP contribution in [0.25, 0.3) is 105 Å². The molecule has 0 atom stereocenters. The van der Waals surface area contributed by atoms with Crippen LogP contribution >= 0.6 is 0 Å². The first-order valence-corrected chi connectivity index (χ1v) is 20.7. The topological polar surface area (TPSA) is 30.7 Å². The van der Waals surface area contributed by atoms with Crippen LogP contribution in [0.2, 0.25) is 0 Å². The summed E-state index contributed by atoms with van der Waals surface area (Å²) < 4.78 is 2.36. The van der Waals surface area contributed by atoms with Gasteiger partial charge in [0.25, 0.3) is 0 Å². The van der Waals surface area contributed by atoms with E-state index in [2.05, 4.69) is 213 Å². The molecule has 9 aromatic carbocycles. The molecule has 2 heterocycles. The molecule has 0 saturated carbocycles. The lowest BCUT2D eigenvalue weighted by molar-refractivity contribution is 0.661. The van der Waals surface area contributed by atoms with Crippen LogP contribution in [-0.4, -0.2) is 14.5 Å². The molecule has 0 spiro atoms. The predicted molar refractivity (Wildman–Crippen MR) is 251 cm³/mol. The van der Waals surface area contributed by atoms with Gasteiger partial charge < -0.3 is 4.57 Å². The van der Waals surface area contributed by atoms with E-state index in [0.29, 0.717) is 5.82 Å². The highest BCUT2D eigenvalue weighted by atomic mass is 15.0. The van der Waals surface area contributed by atoms with Crippen LogP contribution in [0, 0.1) is 0 Å². The van der Waals surface area contributed by atoms with Crippen molar-refractivity contribution in [3.8, 4) is 61.8 Å². The van der Waals surface area contributed by atoms with Gasteiger partial charge in [-0.15, -0.1) is 0 Å². The second-order valence-corrected chi connectivity index (χ2v) is 16.6. The van der Waals surface area contributed by atoms with Crippen LogP contribution < -0.4 is 0 Å². The van der Waals surface area contributed by atoms with Crippen molar-refractivity contribution in [2.75, 3.05) is 0 Å². The summed E-state index contributed by atoms with van der Waals surface area (Å²) >= 11 is 0. The number of para-hydroxylation sites is 2. The summed E-state index contributed by atoms with van der Waals surface area (Å²) in [6.45, 7) is 4.74. The van der Waals surface area contributed by atoms with Crippen LogP contribution in [0.3, 0.4) is 0 Å². The van der Waals surface area contributed by atoms with Crippen molar-refractivity contribution < 1.29 is 0 Å². The summed E-state index contributed by atoms with van der Waals surface area (Å²) in [5.41, 5.74) is 16.1. The van der Waals surface area contributed by atoms with E-state index >= 15 is 0 Å². The third kappa shape index (κ3) is 5.22. The third-order valence-electron chi connectivity index (χ3n) is 12.8. The number of aromatic nitrogens is 3. The van der Waals surface area contributed by atoms with Gasteiger partial charge >= 0.3 is 0 Å². The predicted octanol–water partition coefficient (Wildman–Crippen LogP) is 14.9. The molecule has 0 bridgehead atoms. The fraction of sp³-hybridized carbons (Fsp3) is 0.0526. The van der Waals surface area contributed by atoms with Crippen LogP contribution in [0.5, 0.6) is 0 Å². The molecule has 0 aliphatic heterocycles. The maximum absolute atomic E-state index is 5.33. The van der Waals surface area contributed by atoms with Gasteiger partial charge in [-0.1, -0.05) is 172 Å². The van der Waals surface area contributed by atoms with Gasteiger partial charge in [0, 0.05) is 38.6 Å². The SMILES string of the molecule is CC1(C)c2cc3ccccc3cc2-c2c(-c3ccc(-c4cc(-c5cccc(-n6c7ccccc7c7ccccc76)c5)nc(-c5ccccc5)n4)c4ccccc34)cccc21. The van der Waals surface area contributed by atoms with Crippen molar-refractivity contribution in [2.24, 2.45) is 0 Å². The Balaban J connectivity index is 1.04. The molecule has 0 saturated heterocycles. The van der Waals surface area contributed by atoms with Gasteiger partial charge in [0.15, 0.2) is 5.82 Å². The van der Waals surface area contributed by atoms with E-state index in [1.54, 1.807) is 0 Å². The molecule has 60 heavy (non-hydrogen) atoms. The summed E-state index contributed by atoms with van der Waals surface area (Å²) in [7, 11) is 0. The minimum absolute atomic E-state index is 0.121. The fourth-order valence-corrected chi connectivity index (χ4v) is 9.91. The van der Waals surface area contributed by atoms with Gasteiger partial charge in [-0.25, -0.2) is 9.97 Å². The molecule has 0 radical (unpaired) electrons. The van der Waals surface area contributed by atoms with Crippen molar-refractivity contribution >= 4 is 43.4 Å². The first-order valence-electron chi connectivity index (χ1n) is 20.7. The second kappa shape index (κ2) is 13.2. The van der Waals surface area contributed by atoms with Gasteiger partial charge in [-0.05, 0) is 97.4 Å². The van der Waals surface area contributed by atoms with E-state index in [0.717, 1.165) is 39.2 Å². The molecule has 0 amide bonds. The molecular weight excluding hydrogens is 727 g/mol. The van der Waals surface area contributed by atoms with E-state index in [1.807, 2.05) is 6.07 Å². The first kappa shape index (κ1) is 34.4. The molecular formula is C57H39N3. The van der Waals surface area contributed by atoms with E-state index in [9.17, 15) is 0 Å². The smallest absolute Gasteiger partial charge is 0.160 e. The Morgan fingerprint density at radius 3 is 1.72 bits per heavy atom. The Hall–Kier alpha value is -7.62. The molecule has 3 heteroatoms. The standard InChI is InChI=1S/C57H39N3/c1-57(2)49-27-15-26-47(55(49)48-33-37-18-6-7-19-38(37)34-50(48)57)43-30-31-44(42-23-9-8-22-41(42)43)52-35-51(58-56(59-52)36-16-4-3-5-17-36)39-20-14-21-40(32-39)60-53-28-12-10-24-45(53)46-25-11-13-29-54(46)60/h3-35H,1-2H3. The second-order valence-electron chi connectivity index (χ2n) is 16.6. The molecule has 0 unspecified atom stereocenters. The molecule has 3 nitrogen and oxygen atoms in total. The van der Waals surface area contributed by atoms with E-state index in [-0.39, 0.29) is 5.41 Å². The quantitative estimate of drug-likeness (QED) is 0.175. The molecule has 12 rings (SSSR count). The van der Waals surface area contributed by atoms with Crippen molar-refractivity contribution in [2.45, 2.75) is 19.3 Å². The van der Waals surface area contributed by atoms with Crippen LogP contribution in [0.4, 0.5) is 0 Å². The highest BCUT2D eigenvalue weighted by Crippen LogP contribution is 2.54. The zero-order chi connectivity index (χ0) is 40.0. The van der Waals surface area contributed by atoms with Gasteiger partial charge in [-0.3, -0.25) is 0 Å². The lowest BCUT2D eigenvalue weighted by Gasteiger charge is -2.22. The lowest BCUT2D eigenvalue weighted by atomic mass is 9.81. The number of nitrogens with zero attached hydrogens (tertiary/aromatic N) is 3. The minimum atomic E-state index is -0.121. The van der Waals surface area contributed by atoms with Crippen molar-refractivity contribution in [3.05, 3.63) is 211 Å². The average Bonchev–Trinajstić information content (AvgIpc) is 3.76. The van der Waals surface area contributed by atoms with Crippen molar-refractivity contribution in [3.63, 3.8) is 0 Å². The lowest BCUT2D eigenvalue weighted by Crippen LogP contribution is -2.14. The van der Waals surface area contributed by atoms with E-state index < -0.39 is 0 Å². The van der Waals surface area contributed by atoms with E-state index in [1.165, 1.54) is 71.3 Å². The Labute approximate surface area is 348 Å². The molecule has 11 aromatic rings. The molecule has 1 aliphatic rings. The van der Waals surface area contributed by atoms with Gasteiger partial charge in [0.1, 0.15) is 0 Å². The first-order chi connectivity index (χ1) is 29.5. The number of benzene rings is 9. The van der Waals surface area contributed by atoms with Crippen LogP contribution in [-0.2, 0) is 5.41 Å². The fourth-order valence-electron chi connectivity index (χ4n) is 9.91. The average molecular weight is 766 g/mol. The third-order valence-corrected chi connectivity index (χ3v) is 12.8. The van der Waals surface area contributed by atoms with Crippen LogP contribution in [0.15, 0.2) is 200 Å². The van der Waals surface area contributed by atoms with E-state index in [4.69, 9.17) is 9.97 Å². The molecule has 282 valence electrons. The van der Waals surface area contributed by atoms with Gasteiger partial charge in [0.05, 0.1) is 22.4 Å².